The number of rotatable bonds is 4. The lowest BCUT2D eigenvalue weighted by molar-refractivity contribution is 0.213. The first kappa shape index (κ1) is 12.8. The van der Waals surface area contributed by atoms with Crippen molar-refractivity contribution in [1.29, 1.82) is 0 Å². The second-order valence-corrected chi connectivity index (χ2v) is 4.04. The van der Waals surface area contributed by atoms with Crippen LogP contribution in [0, 0.1) is 0 Å². The molecule has 0 aliphatic heterocycles. The molecule has 1 atom stereocenters. The first-order chi connectivity index (χ1) is 8.69. The van der Waals surface area contributed by atoms with Gasteiger partial charge in [0.25, 0.3) is 0 Å². The predicted octanol–water partition coefficient (Wildman–Crippen LogP) is 3.03. The zero-order chi connectivity index (χ0) is 13.1. The lowest BCUT2D eigenvalue weighted by Gasteiger charge is -2.16. The Morgan fingerprint density at radius 1 is 1.22 bits per heavy atom. The number of hydrogen-bond donors (Lipinski definition) is 1. The molecule has 2 aromatic rings. The SMILES string of the molecule is COc1ccc(C(O)c2ccoc2)c(OC)c1Cl. The summed E-state index contributed by atoms with van der Waals surface area (Å²) in [4.78, 5) is 0. The third-order valence-corrected chi connectivity index (χ3v) is 3.03. The maximum atomic E-state index is 10.2. The lowest BCUT2D eigenvalue weighted by Crippen LogP contribution is -2.02. The molecule has 1 heterocycles. The van der Waals surface area contributed by atoms with Crippen molar-refractivity contribution in [2.75, 3.05) is 14.2 Å². The van der Waals surface area contributed by atoms with E-state index in [0.717, 1.165) is 0 Å². The highest BCUT2D eigenvalue weighted by atomic mass is 35.5. The lowest BCUT2D eigenvalue weighted by atomic mass is 10.0. The van der Waals surface area contributed by atoms with Crippen LogP contribution in [0.25, 0.3) is 0 Å². The van der Waals surface area contributed by atoms with Gasteiger partial charge in [0.05, 0.1) is 26.7 Å². The molecule has 0 spiro atoms. The van der Waals surface area contributed by atoms with E-state index in [1.54, 1.807) is 18.2 Å². The highest BCUT2D eigenvalue weighted by Crippen LogP contribution is 2.40. The molecule has 1 N–H and O–H groups in total. The van der Waals surface area contributed by atoms with Crippen LogP contribution in [-0.4, -0.2) is 19.3 Å². The number of ether oxygens (including phenoxy) is 2. The Balaban J connectivity index is 2.48. The molecule has 0 aliphatic rings. The normalized spacial score (nSPS) is 12.2. The van der Waals surface area contributed by atoms with Crippen LogP contribution in [0.4, 0.5) is 0 Å². The average Bonchev–Trinajstić information content (AvgIpc) is 2.91. The van der Waals surface area contributed by atoms with Crippen LogP contribution >= 0.6 is 11.6 Å². The van der Waals surface area contributed by atoms with Crippen molar-refractivity contribution in [1.82, 2.24) is 0 Å². The summed E-state index contributed by atoms with van der Waals surface area (Å²) in [6.45, 7) is 0. The van der Waals surface area contributed by atoms with Crippen LogP contribution in [0.2, 0.25) is 5.02 Å². The van der Waals surface area contributed by atoms with Crippen LogP contribution in [0.3, 0.4) is 0 Å². The van der Waals surface area contributed by atoms with Gasteiger partial charge < -0.3 is 19.0 Å². The Kier molecular flexibility index (Phi) is 3.79. The number of furan rings is 1. The number of aliphatic hydroxyl groups is 1. The van der Waals surface area contributed by atoms with Crippen molar-refractivity contribution >= 4 is 11.6 Å². The molecule has 4 nitrogen and oxygen atoms in total. The first-order valence-electron chi connectivity index (χ1n) is 5.29. The number of benzene rings is 1. The summed E-state index contributed by atoms with van der Waals surface area (Å²) in [6, 6.07) is 5.08. The van der Waals surface area contributed by atoms with E-state index in [9.17, 15) is 5.11 Å². The molecular formula is C13H13ClO4. The van der Waals surface area contributed by atoms with Gasteiger partial charge >= 0.3 is 0 Å². The van der Waals surface area contributed by atoms with Crippen LogP contribution in [0.1, 0.15) is 17.2 Å². The Labute approximate surface area is 110 Å². The highest BCUT2D eigenvalue weighted by molar-refractivity contribution is 6.33. The van der Waals surface area contributed by atoms with Crippen molar-refractivity contribution < 1.29 is 19.0 Å². The molecule has 5 heteroatoms. The van der Waals surface area contributed by atoms with Gasteiger partial charge in [-0.3, -0.25) is 0 Å². The molecule has 0 fully saturated rings. The van der Waals surface area contributed by atoms with E-state index in [2.05, 4.69) is 0 Å². The zero-order valence-electron chi connectivity index (χ0n) is 10.0. The van der Waals surface area contributed by atoms with Crippen LogP contribution in [0.15, 0.2) is 35.1 Å². The molecule has 0 bridgehead atoms. The van der Waals surface area contributed by atoms with Crippen molar-refractivity contribution in [2.45, 2.75) is 6.10 Å². The van der Waals surface area contributed by atoms with E-state index < -0.39 is 6.10 Å². The molecular weight excluding hydrogens is 256 g/mol. The average molecular weight is 269 g/mol. The van der Waals surface area contributed by atoms with Crippen LogP contribution in [0.5, 0.6) is 11.5 Å². The number of aliphatic hydroxyl groups excluding tert-OH is 1. The Morgan fingerprint density at radius 3 is 2.56 bits per heavy atom. The highest BCUT2D eigenvalue weighted by Gasteiger charge is 2.20. The van der Waals surface area contributed by atoms with E-state index in [-0.39, 0.29) is 0 Å². The Hall–Kier alpha value is -1.65. The summed E-state index contributed by atoms with van der Waals surface area (Å²) in [5.41, 5.74) is 1.19. The standard InChI is InChI=1S/C13H13ClO4/c1-16-10-4-3-9(13(17-2)11(10)14)12(15)8-5-6-18-7-8/h3-7,12,15H,1-2H3. The maximum absolute atomic E-state index is 10.2. The minimum absolute atomic E-state index is 0.333. The first-order valence-corrected chi connectivity index (χ1v) is 5.67. The predicted molar refractivity (Wildman–Crippen MR) is 67.3 cm³/mol. The molecule has 96 valence electrons. The van der Waals surface area contributed by atoms with E-state index in [4.69, 9.17) is 25.5 Å². The van der Waals surface area contributed by atoms with Gasteiger partial charge in [0.2, 0.25) is 0 Å². The third kappa shape index (κ3) is 2.17. The van der Waals surface area contributed by atoms with Crippen LogP contribution < -0.4 is 9.47 Å². The third-order valence-electron chi connectivity index (χ3n) is 2.67. The Morgan fingerprint density at radius 2 is 2.00 bits per heavy atom. The quantitative estimate of drug-likeness (QED) is 0.926. The van der Waals surface area contributed by atoms with Crippen molar-refractivity contribution in [3.05, 3.63) is 46.9 Å². The molecule has 1 aromatic heterocycles. The largest absolute Gasteiger partial charge is 0.495 e. The van der Waals surface area contributed by atoms with Gasteiger partial charge in [0.1, 0.15) is 22.6 Å². The van der Waals surface area contributed by atoms with Crippen molar-refractivity contribution in [2.24, 2.45) is 0 Å². The number of hydrogen-bond acceptors (Lipinski definition) is 4. The van der Waals surface area contributed by atoms with Crippen molar-refractivity contribution in [3.63, 3.8) is 0 Å². The molecule has 0 saturated heterocycles. The fourth-order valence-corrected chi connectivity index (χ4v) is 2.07. The van der Waals surface area contributed by atoms with Gasteiger partial charge in [-0.1, -0.05) is 11.6 Å². The van der Waals surface area contributed by atoms with E-state index in [1.165, 1.54) is 26.7 Å². The second-order valence-electron chi connectivity index (χ2n) is 3.66. The van der Waals surface area contributed by atoms with Gasteiger partial charge in [-0.2, -0.15) is 0 Å². The summed E-state index contributed by atoms with van der Waals surface area (Å²) in [5.74, 6) is 0.890. The molecule has 1 aromatic carbocycles. The minimum Gasteiger partial charge on any atom is -0.495 e. The summed E-state index contributed by atoms with van der Waals surface area (Å²) >= 11 is 6.14. The number of halogens is 1. The summed E-state index contributed by atoms with van der Waals surface area (Å²) in [6.07, 6.45) is 2.11. The van der Waals surface area contributed by atoms with Gasteiger partial charge in [0, 0.05) is 11.1 Å². The summed E-state index contributed by atoms with van der Waals surface area (Å²) in [7, 11) is 3.01. The fourth-order valence-electron chi connectivity index (χ4n) is 1.74. The molecule has 18 heavy (non-hydrogen) atoms. The minimum atomic E-state index is -0.859. The van der Waals surface area contributed by atoms with E-state index in [0.29, 0.717) is 27.6 Å². The molecule has 0 radical (unpaired) electrons. The fraction of sp³-hybridized carbons (Fsp3) is 0.231. The summed E-state index contributed by atoms with van der Waals surface area (Å²) in [5, 5.41) is 10.6. The van der Waals surface area contributed by atoms with Gasteiger partial charge in [0.15, 0.2) is 0 Å². The monoisotopic (exact) mass is 268 g/mol. The molecule has 1 unspecified atom stereocenters. The van der Waals surface area contributed by atoms with Crippen LogP contribution in [-0.2, 0) is 0 Å². The van der Waals surface area contributed by atoms with Gasteiger partial charge in [-0.25, -0.2) is 0 Å². The Bertz CT molecular complexity index is 522. The van der Waals surface area contributed by atoms with Gasteiger partial charge in [-0.05, 0) is 18.2 Å². The molecule has 2 rings (SSSR count). The number of methoxy groups -OCH3 is 2. The van der Waals surface area contributed by atoms with E-state index in [1.807, 2.05) is 0 Å². The summed E-state index contributed by atoms with van der Waals surface area (Å²) < 4.78 is 15.3. The zero-order valence-corrected chi connectivity index (χ0v) is 10.8. The van der Waals surface area contributed by atoms with Gasteiger partial charge in [-0.15, -0.1) is 0 Å². The maximum Gasteiger partial charge on any atom is 0.147 e. The molecule has 0 saturated carbocycles. The molecule has 0 aliphatic carbocycles. The van der Waals surface area contributed by atoms with Crippen molar-refractivity contribution in [3.8, 4) is 11.5 Å². The smallest absolute Gasteiger partial charge is 0.147 e. The molecule has 0 amide bonds. The van der Waals surface area contributed by atoms with E-state index >= 15 is 0 Å². The second kappa shape index (κ2) is 5.33. The topological polar surface area (TPSA) is 51.8 Å².